The van der Waals surface area contributed by atoms with Gasteiger partial charge in [0.1, 0.15) is 6.17 Å². The Morgan fingerprint density at radius 1 is 1.75 bits per heavy atom. The zero-order valence-corrected chi connectivity index (χ0v) is 9.21. The van der Waals surface area contributed by atoms with Crippen molar-refractivity contribution in [2.75, 3.05) is 6.54 Å². The van der Waals surface area contributed by atoms with Gasteiger partial charge in [-0.2, -0.15) is 0 Å². The van der Waals surface area contributed by atoms with Gasteiger partial charge >= 0.3 is 0 Å². The first-order chi connectivity index (χ1) is 5.66. The van der Waals surface area contributed by atoms with Crippen molar-refractivity contribution in [1.82, 2.24) is 0 Å². The molecule has 0 aliphatic heterocycles. The van der Waals surface area contributed by atoms with Gasteiger partial charge in [0.25, 0.3) is 0 Å². The van der Waals surface area contributed by atoms with E-state index in [1.54, 1.807) is 0 Å². The minimum absolute atomic E-state index is 0.393. The maximum Gasteiger partial charge on any atom is 0.137 e. The summed E-state index contributed by atoms with van der Waals surface area (Å²) in [6.07, 6.45) is -0.512. The van der Waals surface area contributed by atoms with Crippen molar-refractivity contribution >= 4 is 27.3 Å². The Labute approximate surface area is 83.9 Å². The van der Waals surface area contributed by atoms with Crippen LogP contribution in [-0.4, -0.2) is 6.54 Å². The molecule has 1 nitrogen and oxygen atoms in total. The van der Waals surface area contributed by atoms with E-state index in [1.165, 1.54) is 11.3 Å². The van der Waals surface area contributed by atoms with Gasteiger partial charge in [0.05, 0.1) is 4.88 Å². The van der Waals surface area contributed by atoms with Gasteiger partial charge in [-0.25, -0.2) is 4.39 Å². The van der Waals surface area contributed by atoms with Crippen molar-refractivity contribution in [2.24, 2.45) is 5.73 Å². The van der Waals surface area contributed by atoms with E-state index in [1.807, 2.05) is 12.3 Å². The smallest absolute Gasteiger partial charge is 0.137 e. The van der Waals surface area contributed by atoms with Crippen LogP contribution in [0.15, 0.2) is 9.85 Å². The van der Waals surface area contributed by atoms with Crippen molar-refractivity contribution in [2.45, 2.75) is 19.5 Å². The lowest BCUT2D eigenvalue weighted by atomic mass is 10.2. The highest BCUT2D eigenvalue weighted by Crippen LogP contribution is 2.35. The molecule has 0 bridgehead atoms. The molecule has 4 heteroatoms. The number of alkyl halides is 1. The monoisotopic (exact) mass is 251 g/mol. The number of thiophene rings is 1. The molecule has 0 aromatic carbocycles. The maximum absolute atomic E-state index is 13.3. The number of aryl methyl sites for hydroxylation is 1. The molecule has 1 aromatic rings. The number of hydrogen-bond donors (Lipinski definition) is 1. The molecule has 0 fully saturated rings. The van der Waals surface area contributed by atoms with Gasteiger partial charge in [-0.1, -0.05) is 0 Å². The third-order valence-corrected chi connectivity index (χ3v) is 4.13. The molecule has 2 N–H and O–H groups in total. The molecule has 1 aromatic heterocycles. The second-order valence-electron chi connectivity index (χ2n) is 2.64. The molecule has 68 valence electrons. The summed E-state index contributed by atoms with van der Waals surface area (Å²) in [4.78, 5) is 0.762. The van der Waals surface area contributed by atoms with E-state index < -0.39 is 6.17 Å². The molecular formula is C8H11BrFNS. The highest BCUT2D eigenvalue weighted by atomic mass is 79.9. The summed E-state index contributed by atoms with van der Waals surface area (Å²) >= 11 is 4.80. The summed E-state index contributed by atoms with van der Waals surface area (Å²) < 4.78 is 14.2. The first-order valence-corrected chi connectivity index (χ1v) is 5.41. The predicted octanol–water partition coefficient (Wildman–Crippen LogP) is 3.18. The molecule has 1 heterocycles. The Kier molecular flexibility index (Phi) is 3.68. The van der Waals surface area contributed by atoms with E-state index in [4.69, 9.17) is 5.73 Å². The molecule has 12 heavy (non-hydrogen) atoms. The third kappa shape index (κ3) is 2.06. The highest BCUT2D eigenvalue weighted by molar-refractivity contribution is 9.10. The van der Waals surface area contributed by atoms with Gasteiger partial charge < -0.3 is 5.73 Å². The van der Waals surface area contributed by atoms with E-state index >= 15 is 0 Å². The topological polar surface area (TPSA) is 26.0 Å². The SMILES string of the molecule is Cc1csc(C(F)CCN)c1Br. The summed E-state index contributed by atoms with van der Waals surface area (Å²) in [5.41, 5.74) is 6.37. The van der Waals surface area contributed by atoms with Crippen molar-refractivity contribution in [1.29, 1.82) is 0 Å². The zero-order chi connectivity index (χ0) is 9.14. The number of nitrogens with two attached hydrogens (primary N) is 1. The summed E-state index contributed by atoms with van der Waals surface area (Å²) in [5.74, 6) is 0. The lowest BCUT2D eigenvalue weighted by molar-refractivity contribution is 0.332. The summed E-state index contributed by atoms with van der Waals surface area (Å²) in [6, 6.07) is 0. The molecule has 1 unspecified atom stereocenters. The largest absolute Gasteiger partial charge is 0.330 e. The van der Waals surface area contributed by atoms with Gasteiger partial charge in [-0.05, 0) is 46.8 Å². The molecular weight excluding hydrogens is 241 g/mol. The predicted molar refractivity (Wildman–Crippen MR) is 54.3 cm³/mol. The average molecular weight is 252 g/mol. The van der Waals surface area contributed by atoms with Crippen LogP contribution in [0.1, 0.15) is 23.0 Å². The minimum atomic E-state index is -0.914. The molecule has 0 spiro atoms. The average Bonchev–Trinajstić information content (AvgIpc) is 2.34. The van der Waals surface area contributed by atoms with Crippen molar-refractivity contribution < 1.29 is 4.39 Å². The fraction of sp³-hybridized carbons (Fsp3) is 0.500. The van der Waals surface area contributed by atoms with Crippen molar-refractivity contribution in [3.05, 3.63) is 20.3 Å². The molecule has 0 saturated heterocycles. The Hall–Kier alpha value is 0.0700. The molecule has 0 amide bonds. The summed E-state index contributed by atoms with van der Waals surface area (Å²) in [7, 11) is 0. The number of hydrogen-bond acceptors (Lipinski definition) is 2. The molecule has 0 aliphatic rings. The molecule has 1 atom stereocenters. The summed E-state index contributed by atoms with van der Waals surface area (Å²) in [5, 5.41) is 1.95. The third-order valence-electron chi connectivity index (χ3n) is 1.63. The highest BCUT2D eigenvalue weighted by Gasteiger charge is 2.15. The first kappa shape index (κ1) is 10.2. The standard InChI is InChI=1S/C8H11BrFNS/c1-5-4-12-8(7(5)9)6(10)2-3-11/h4,6H,2-3,11H2,1H3. The van der Waals surface area contributed by atoms with Crippen LogP contribution in [0.3, 0.4) is 0 Å². The Balaban J connectivity index is 2.80. The van der Waals surface area contributed by atoms with Crippen molar-refractivity contribution in [3.63, 3.8) is 0 Å². The van der Waals surface area contributed by atoms with Gasteiger partial charge in [0.2, 0.25) is 0 Å². The van der Waals surface area contributed by atoms with E-state index in [0.717, 1.165) is 14.9 Å². The van der Waals surface area contributed by atoms with Crippen LogP contribution < -0.4 is 5.73 Å². The van der Waals surface area contributed by atoms with Crippen LogP contribution in [0.4, 0.5) is 4.39 Å². The zero-order valence-electron chi connectivity index (χ0n) is 6.81. The Bertz CT molecular complexity index is 262. The maximum atomic E-state index is 13.3. The molecule has 0 aliphatic carbocycles. The van der Waals surface area contributed by atoms with Gasteiger partial charge in [-0.15, -0.1) is 11.3 Å². The second-order valence-corrected chi connectivity index (χ2v) is 4.35. The Morgan fingerprint density at radius 2 is 2.42 bits per heavy atom. The fourth-order valence-corrected chi connectivity index (χ4v) is 2.68. The van der Waals surface area contributed by atoms with Crippen LogP contribution in [0, 0.1) is 6.92 Å². The van der Waals surface area contributed by atoms with Gasteiger partial charge in [0, 0.05) is 4.47 Å². The van der Waals surface area contributed by atoms with E-state index in [2.05, 4.69) is 15.9 Å². The van der Waals surface area contributed by atoms with Crippen LogP contribution in [-0.2, 0) is 0 Å². The van der Waals surface area contributed by atoms with Gasteiger partial charge in [-0.3, -0.25) is 0 Å². The molecule has 1 rings (SSSR count). The number of rotatable bonds is 3. The minimum Gasteiger partial charge on any atom is -0.330 e. The van der Waals surface area contributed by atoms with Crippen LogP contribution in [0.5, 0.6) is 0 Å². The number of halogens is 2. The first-order valence-electron chi connectivity index (χ1n) is 3.74. The summed E-state index contributed by atoms with van der Waals surface area (Å²) in [6.45, 7) is 2.35. The lowest BCUT2D eigenvalue weighted by Gasteiger charge is -2.04. The molecule has 0 saturated carbocycles. The van der Waals surface area contributed by atoms with E-state index in [9.17, 15) is 4.39 Å². The van der Waals surface area contributed by atoms with Crippen LogP contribution in [0.2, 0.25) is 0 Å². The van der Waals surface area contributed by atoms with E-state index in [0.29, 0.717) is 13.0 Å². The van der Waals surface area contributed by atoms with Crippen LogP contribution in [0.25, 0.3) is 0 Å². The normalized spacial score (nSPS) is 13.3. The molecule has 0 radical (unpaired) electrons. The van der Waals surface area contributed by atoms with Gasteiger partial charge in [0.15, 0.2) is 0 Å². The Morgan fingerprint density at radius 3 is 2.83 bits per heavy atom. The van der Waals surface area contributed by atoms with E-state index in [-0.39, 0.29) is 0 Å². The second kappa shape index (κ2) is 4.35. The fourth-order valence-electron chi connectivity index (χ4n) is 0.938. The van der Waals surface area contributed by atoms with Crippen LogP contribution >= 0.6 is 27.3 Å². The van der Waals surface area contributed by atoms with Crippen molar-refractivity contribution in [3.8, 4) is 0 Å². The lowest BCUT2D eigenvalue weighted by Crippen LogP contribution is -2.02. The quantitative estimate of drug-likeness (QED) is 0.878.